The molecule has 0 radical (unpaired) electrons. The molecule has 238 valence electrons. The van der Waals surface area contributed by atoms with E-state index < -0.39 is 87.5 Å². The molecule has 1 spiro atoms. The summed E-state index contributed by atoms with van der Waals surface area (Å²) in [7, 11) is 0. The van der Waals surface area contributed by atoms with E-state index in [1.807, 2.05) is 26.0 Å². The lowest BCUT2D eigenvalue weighted by molar-refractivity contribution is -0.159. The Labute approximate surface area is 258 Å². The molecule has 2 saturated heterocycles. The lowest BCUT2D eigenvalue weighted by Gasteiger charge is -2.46. The number of fused-ring (bicyclic) bond motifs is 6. The van der Waals surface area contributed by atoms with Gasteiger partial charge >= 0.3 is 17.9 Å². The Balaban J connectivity index is 1.39. The van der Waals surface area contributed by atoms with E-state index >= 15 is 0 Å². The molecule has 7 aliphatic rings. The summed E-state index contributed by atoms with van der Waals surface area (Å²) in [6, 6.07) is 0. The van der Waals surface area contributed by atoms with Crippen molar-refractivity contribution in [3.8, 4) is 0 Å². The highest BCUT2D eigenvalue weighted by molar-refractivity contribution is 5.92. The third kappa shape index (κ3) is 3.33. The minimum Gasteiger partial charge on any atom is -0.461 e. The average molecular weight is 609 g/mol. The summed E-state index contributed by atoms with van der Waals surface area (Å²) >= 11 is 0. The zero-order valence-electron chi connectivity index (χ0n) is 26.3. The van der Waals surface area contributed by atoms with E-state index in [2.05, 4.69) is 12.7 Å². The lowest BCUT2D eigenvalue weighted by atomic mass is 9.54. The second-order valence-corrected chi connectivity index (χ2v) is 15.4. The first-order valence-corrected chi connectivity index (χ1v) is 15.9. The molecule has 5 aliphatic carbocycles. The van der Waals surface area contributed by atoms with Crippen LogP contribution in [0.3, 0.4) is 0 Å². The zero-order chi connectivity index (χ0) is 31.9. The highest BCUT2D eigenvalue weighted by Crippen LogP contribution is 2.80. The normalized spacial score (nSPS) is 53.8. The predicted octanol–water partition coefficient (Wildman–Crippen LogP) is 3.33. The first-order valence-electron chi connectivity index (χ1n) is 15.9. The van der Waals surface area contributed by atoms with Gasteiger partial charge in [-0.25, -0.2) is 9.59 Å². The van der Waals surface area contributed by atoms with Crippen molar-refractivity contribution in [1.29, 1.82) is 0 Å². The number of ether oxygens (including phenoxy) is 3. The fourth-order valence-corrected chi connectivity index (χ4v) is 11.2. The van der Waals surface area contributed by atoms with E-state index in [0.29, 0.717) is 12.0 Å². The fraction of sp³-hybridized carbons (Fsp3) is 0.686. The van der Waals surface area contributed by atoms with Crippen molar-refractivity contribution in [1.82, 2.24) is 0 Å². The molecule has 3 saturated carbocycles. The van der Waals surface area contributed by atoms with E-state index in [9.17, 15) is 29.7 Å². The number of hydrogen-bond acceptors (Lipinski definition) is 9. The Morgan fingerprint density at radius 1 is 1.09 bits per heavy atom. The van der Waals surface area contributed by atoms with Gasteiger partial charge in [-0.3, -0.25) is 4.79 Å². The van der Waals surface area contributed by atoms with Gasteiger partial charge in [0.15, 0.2) is 0 Å². The van der Waals surface area contributed by atoms with Crippen LogP contribution in [0.5, 0.6) is 0 Å². The minimum absolute atomic E-state index is 0.00743. The molecule has 14 atom stereocenters. The molecule has 0 aromatic heterocycles. The summed E-state index contributed by atoms with van der Waals surface area (Å²) < 4.78 is 18.4. The smallest absolute Gasteiger partial charge is 0.334 e. The Bertz CT molecular complexity index is 1470. The first kappa shape index (κ1) is 29.9. The fourth-order valence-electron chi connectivity index (χ4n) is 11.2. The zero-order valence-corrected chi connectivity index (χ0v) is 26.3. The van der Waals surface area contributed by atoms with Crippen LogP contribution >= 0.6 is 0 Å². The Kier molecular flexibility index (Phi) is 6.09. The number of rotatable bonds is 2. The van der Waals surface area contributed by atoms with Crippen LogP contribution in [0.1, 0.15) is 67.2 Å². The summed E-state index contributed by atoms with van der Waals surface area (Å²) in [5, 5.41) is 36.1. The quantitative estimate of drug-likeness (QED) is 0.186. The van der Waals surface area contributed by atoms with Gasteiger partial charge in [-0.1, -0.05) is 43.4 Å². The van der Waals surface area contributed by atoms with Gasteiger partial charge in [0, 0.05) is 58.5 Å². The van der Waals surface area contributed by atoms with Gasteiger partial charge in [0.05, 0.1) is 28.6 Å². The average Bonchev–Trinajstić information content (AvgIpc) is 3.66. The number of allylic oxidation sites excluding steroid dienone is 3. The highest BCUT2D eigenvalue weighted by atomic mass is 16.6. The SMILES string of the molecule is C=C1C(=O)O[C@H]2[C@H]1[C@@H](OC(=O)/C(C)=C/C)C[C@@](C)(O)[C@]13C=C[C@](C)([C@H]21)[C@]1(C3)C(=O)O[C@@H]2[C@H]3C(C)=CC[C@H]3[C@](C)(O)C[C@H](O)[C@H]21. The molecule has 5 fully saturated rings. The van der Waals surface area contributed by atoms with Crippen LogP contribution in [0.25, 0.3) is 0 Å². The number of hydrogen-bond donors (Lipinski definition) is 3. The van der Waals surface area contributed by atoms with Gasteiger partial charge in [0.25, 0.3) is 0 Å². The standard InChI is InChI=1S/C35H44O9/c1-8-16(2)28(37)42-21-14-33(7,41)34-12-11-31(5,27(34)26-23(21)18(4)29(38)43-26)35(15-34)24-20(36)13-32(6,40)19-10-9-17(3)22(19)25(24)44-30(35)39/h8-9,11-12,19-27,36,40-41H,4,10,13-15H2,1-3,5-7H3/b16-8+/t19-,20+,21+,22+,23-,24-,25-,26+,27+,31-,32-,33-,34+,35+/m1/s1. The maximum atomic E-state index is 14.5. The van der Waals surface area contributed by atoms with Gasteiger partial charge in [0.1, 0.15) is 18.3 Å². The number of esters is 3. The van der Waals surface area contributed by atoms with Crippen LogP contribution < -0.4 is 0 Å². The minimum atomic E-state index is -1.51. The van der Waals surface area contributed by atoms with Crippen LogP contribution in [0, 0.1) is 45.8 Å². The molecule has 9 nitrogen and oxygen atoms in total. The van der Waals surface area contributed by atoms with Crippen LogP contribution in [0.4, 0.5) is 0 Å². The molecule has 0 aromatic carbocycles. The number of aliphatic hydroxyl groups excluding tert-OH is 1. The van der Waals surface area contributed by atoms with E-state index in [-0.39, 0.29) is 36.7 Å². The predicted molar refractivity (Wildman–Crippen MR) is 157 cm³/mol. The van der Waals surface area contributed by atoms with Crippen molar-refractivity contribution in [2.75, 3.05) is 0 Å². The van der Waals surface area contributed by atoms with Crippen LogP contribution in [-0.2, 0) is 28.6 Å². The van der Waals surface area contributed by atoms with Gasteiger partial charge in [-0.2, -0.15) is 0 Å². The molecule has 3 N–H and O–H groups in total. The maximum Gasteiger partial charge on any atom is 0.334 e. The molecular formula is C35H44O9. The highest BCUT2D eigenvalue weighted by Gasteiger charge is 2.85. The van der Waals surface area contributed by atoms with Crippen LogP contribution in [0.2, 0.25) is 0 Å². The third-order valence-corrected chi connectivity index (χ3v) is 13.4. The van der Waals surface area contributed by atoms with Crippen molar-refractivity contribution in [3.63, 3.8) is 0 Å². The van der Waals surface area contributed by atoms with Crippen LogP contribution in [-0.4, -0.2) is 68.8 Å². The van der Waals surface area contributed by atoms with E-state index in [4.69, 9.17) is 14.2 Å². The van der Waals surface area contributed by atoms with Crippen LogP contribution in [0.15, 0.2) is 47.6 Å². The van der Waals surface area contributed by atoms with Gasteiger partial charge in [-0.05, 0) is 47.5 Å². The van der Waals surface area contributed by atoms with E-state index in [1.54, 1.807) is 33.8 Å². The van der Waals surface area contributed by atoms with Crippen molar-refractivity contribution < 1.29 is 43.9 Å². The van der Waals surface area contributed by atoms with E-state index in [0.717, 1.165) is 5.57 Å². The van der Waals surface area contributed by atoms with Crippen molar-refractivity contribution in [2.24, 2.45) is 45.8 Å². The van der Waals surface area contributed by atoms with Crippen molar-refractivity contribution >= 4 is 17.9 Å². The van der Waals surface area contributed by atoms with Crippen molar-refractivity contribution in [2.45, 2.75) is 103 Å². The molecule has 7 rings (SSSR count). The molecule has 2 aliphatic heterocycles. The first-order chi connectivity index (χ1) is 20.5. The molecular weight excluding hydrogens is 564 g/mol. The number of aliphatic hydroxyl groups is 3. The molecule has 2 heterocycles. The lowest BCUT2D eigenvalue weighted by Crippen LogP contribution is -2.53. The summed E-state index contributed by atoms with van der Waals surface area (Å²) in [5.41, 5.74) is -4.42. The van der Waals surface area contributed by atoms with Gasteiger partial charge < -0.3 is 29.5 Å². The van der Waals surface area contributed by atoms with Gasteiger partial charge in [-0.15, -0.1) is 0 Å². The Morgan fingerprint density at radius 2 is 1.80 bits per heavy atom. The molecule has 0 unspecified atom stereocenters. The monoisotopic (exact) mass is 608 g/mol. The summed E-state index contributed by atoms with van der Waals surface area (Å²) in [6.07, 6.45) is 5.10. The summed E-state index contributed by atoms with van der Waals surface area (Å²) in [5.74, 6) is -4.01. The maximum absolute atomic E-state index is 14.5. The second-order valence-electron chi connectivity index (χ2n) is 15.4. The molecule has 2 bridgehead atoms. The molecule has 0 aromatic rings. The molecule has 44 heavy (non-hydrogen) atoms. The van der Waals surface area contributed by atoms with E-state index in [1.165, 1.54) is 0 Å². The Hall–Kier alpha value is -2.75. The summed E-state index contributed by atoms with van der Waals surface area (Å²) in [6.45, 7) is 14.8. The largest absolute Gasteiger partial charge is 0.461 e. The third-order valence-electron chi connectivity index (χ3n) is 13.4. The summed E-state index contributed by atoms with van der Waals surface area (Å²) in [4.78, 5) is 40.7. The number of carbonyl (C=O) groups excluding carboxylic acids is 3. The second kappa shape index (κ2) is 8.95. The molecule has 0 amide bonds. The molecule has 9 heteroatoms. The van der Waals surface area contributed by atoms with Crippen molar-refractivity contribution in [3.05, 3.63) is 47.6 Å². The Morgan fingerprint density at radius 3 is 2.48 bits per heavy atom. The van der Waals surface area contributed by atoms with Gasteiger partial charge in [0.2, 0.25) is 0 Å². The topological polar surface area (TPSA) is 140 Å². The number of carbonyl (C=O) groups is 3.